The number of esters is 1. The lowest BCUT2D eigenvalue weighted by atomic mass is 9.97. The lowest BCUT2D eigenvalue weighted by Crippen LogP contribution is -2.30. The molecule has 0 spiro atoms. The highest BCUT2D eigenvalue weighted by atomic mass is 16.5. The van der Waals surface area contributed by atoms with Crippen LogP contribution in [0.15, 0.2) is 34.9 Å². The highest BCUT2D eigenvalue weighted by molar-refractivity contribution is 6.06. The van der Waals surface area contributed by atoms with Gasteiger partial charge < -0.3 is 14.6 Å². The summed E-state index contributed by atoms with van der Waals surface area (Å²) < 4.78 is 10.5. The lowest BCUT2D eigenvalue weighted by molar-refractivity contribution is -0.123. The molecule has 7 heteroatoms. The molecule has 7 nitrogen and oxygen atoms in total. The number of carbonyl (C=O) groups excluding carboxylic acids is 2. The van der Waals surface area contributed by atoms with Gasteiger partial charge in [0.05, 0.1) is 11.1 Å². The topological polar surface area (TPSA) is 94.3 Å². The van der Waals surface area contributed by atoms with Crippen LogP contribution in [0.5, 0.6) is 0 Å². The summed E-state index contributed by atoms with van der Waals surface area (Å²) in [6, 6.07) is 9.17. The fraction of sp³-hybridized carbons (Fsp3) is 0.364. The van der Waals surface area contributed by atoms with Crippen molar-refractivity contribution in [2.75, 3.05) is 5.32 Å². The molecule has 0 fully saturated rings. The molecule has 2 heterocycles. The van der Waals surface area contributed by atoms with E-state index in [1.165, 1.54) is 0 Å². The zero-order valence-corrected chi connectivity index (χ0v) is 16.5. The van der Waals surface area contributed by atoms with Crippen LogP contribution in [-0.2, 0) is 22.4 Å². The molecule has 3 aromatic rings. The second-order valence-corrected chi connectivity index (χ2v) is 7.35. The normalized spacial score (nSPS) is 14.7. The molecule has 29 heavy (non-hydrogen) atoms. The van der Waals surface area contributed by atoms with Crippen LogP contribution >= 0.6 is 0 Å². The summed E-state index contributed by atoms with van der Waals surface area (Å²) >= 11 is 0. The Morgan fingerprint density at radius 1 is 1.17 bits per heavy atom. The Bertz CT molecular complexity index is 1070. The van der Waals surface area contributed by atoms with E-state index < -0.39 is 18.0 Å². The molecule has 0 saturated carbocycles. The lowest BCUT2D eigenvalue weighted by Gasteiger charge is -2.17. The fourth-order valence-electron chi connectivity index (χ4n) is 3.71. The van der Waals surface area contributed by atoms with Gasteiger partial charge in [-0.05, 0) is 51.2 Å². The summed E-state index contributed by atoms with van der Waals surface area (Å²) in [5, 5.41) is 7.09. The van der Waals surface area contributed by atoms with Gasteiger partial charge in [0.1, 0.15) is 5.76 Å². The molecule has 1 aliphatic carbocycles. The van der Waals surface area contributed by atoms with Crippen LogP contribution in [0.25, 0.3) is 10.9 Å². The summed E-state index contributed by atoms with van der Waals surface area (Å²) in [4.78, 5) is 30.3. The average molecular weight is 393 g/mol. The highest BCUT2D eigenvalue weighted by Gasteiger charge is 2.26. The second-order valence-electron chi connectivity index (χ2n) is 7.35. The smallest absolute Gasteiger partial charge is 0.339 e. The van der Waals surface area contributed by atoms with Gasteiger partial charge >= 0.3 is 5.97 Å². The molecule has 1 unspecified atom stereocenters. The summed E-state index contributed by atoms with van der Waals surface area (Å²) in [6.45, 7) is 3.27. The maximum atomic E-state index is 13.2. The van der Waals surface area contributed by atoms with Gasteiger partial charge in [-0.25, -0.2) is 4.79 Å². The van der Waals surface area contributed by atoms with E-state index in [-0.39, 0.29) is 0 Å². The van der Waals surface area contributed by atoms with Crippen LogP contribution in [0.4, 0.5) is 5.82 Å². The molecular weight excluding hydrogens is 370 g/mol. The average Bonchev–Trinajstić information content (AvgIpc) is 2.97. The number of nitrogens with zero attached hydrogens (tertiary/aromatic N) is 2. The number of carbonyl (C=O) groups is 2. The summed E-state index contributed by atoms with van der Waals surface area (Å²) in [6.07, 6.45) is 3.83. The van der Waals surface area contributed by atoms with Gasteiger partial charge in [-0.3, -0.25) is 9.78 Å². The Balaban J connectivity index is 1.62. The summed E-state index contributed by atoms with van der Waals surface area (Å²) in [5.41, 5.74) is 3.22. The SMILES string of the molecule is Cc1cc(NC(=O)C(C)OC(=O)c2c3c(nc4ccccc24)CCCCC3)no1. The zero-order valence-electron chi connectivity index (χ0n) is 16.5. The first-order valence-electron chi connectivity index (χ1n) is 9.88. The number of pyridine rings is 1. The summed E-state index contributed by atoms with van der Waals surface area (Å²) in [7, 11) is 0. The molecule has 1 aromatic carbocycles. The molecule has 4 rings (SSSR count). The highest BCUT2D eigenvalue weighted by Crippen LogP contribution is 2.29. The predicted molar refractivity (Wildman–Crippen MR) is 108 cm³/mol. The first-order chi connectivity index (χ1) is 14.0. The largest absolute Gasteiger partial charge is 0.449 e. The van der Waals surface area contributed by atoms with E-state index in [2.05, 4.69) is 10.5 Å². The van der Waals surface area contributed by atoms with E-state index >= 15 is 0 Å². The van der Waals surface area contributed by atoms with Gasteiger partial charge in [-0.2, -0.15) is 0 Å². The van der Waals surface area contributed by atoms with E-state index in [1.807, 2.05) is 24.3 Å². The quantitative estimate of drug-likeness (QED) is 0.532. The van der Waals surface area contributed by atoms with Crippen molar-refractivity contribution in [1.82, 2.24) is 10.1 Å². The van der Waals surface area contributed by atoms with E-state index in [9.17, 15) is 9.59 Å². The number of rotatable bonds is 4. The van der Waals surface area contributed by atoms with Crippen LogP contribution < -0.4 is 5.32 Å². The number of anilines is 1. The molecule has 2 aromatic heterocycles. The van der Waals surface area contributed by atoms with E-state index in [1.54, 1.807) is 19.9 Å². The minimum atomic E-state index is -0.979. The van der Waals surface area contributed by atoms with Crippen molar-refractivity contribution in [3.8, 4) is 0 Å². The second kappa shape index (κ2) is 8.03. The molecule has 0 radical (unpaired) electrons. The Kier molecular flexibility index (Phi) is 5.29. The Labute approximate surface area is 168 Å². The number of para-hydroxylation sites is 1. The van der Waals surface area contributed by atoms with E-state index in [0.717, 1.165) is 54.3 Å². The Morgan fingerprint density at radius 2 is 1.97 bits per heavy atom. The van der Waals surface area contributed by atoms with Crippen LogP contribution in [0.1, 0.15) is 53.6 Å². The standard InChI is InChI=1S/C22H23N3O4/c1-13-12-19(25-29-13)24-21(26)14(2)28-22(27)20-15-8-4-3-5-10-17(15)23-18-11-7-6-9-16(18)20/h6-7,9,11-12,14H,3-5,8,10H2,1-2H3,(H,24,25,26). The van der Waals surface area contributed by atoms with Crippen molar-refractivity contribution in [3.05, 3.63) is 52.9 Å². The number of hydrogen-bond donors (Lipinski definition) is 1. The fourth-order valence-corrected chi connectivity index (χ4v) is 3.71. The van der Waals surface area contributed by atoms with E-state index in [0.29, 0.717) is 17.1 Å². The number of aromatic nitrogens is 2. The van der Waals surface area contributed by atoms with Gasteiger partial charge in [-0.1, -0.05) is 29.8 Å². The third-order valence-corrected chi connectivity index (χ3v) is 5.16. The third kappa shape index (κ3) is 3.99. The van der Waals surface area contributed by atoms with Crippen LogP contribution in [0, 0.1) is 6.92 Å². The van der Waals surface area contributed by atoms with Gasteiger partial charge in [0.25, 0.3) is 5.91 Å². The predicted octanol–water partition coefficient (Wildman–Crippen LogP) is 3.98. The monoisotopic (exact) mass is 393 g/mol. The molecule has 1 atom stereocenters. The third-order valence-electron chi connectivity index (χ3n) is 5.16. The molecular formula is C22H23N3O4. The Morgan fingerprint density at radius 3 is 2.76 bits per heavy atom. The van der Waals surface area contributed by atoms with Crippen molar-refractivity contribution < 1.29 is 18.8 Å². The molecule has 1 aliphatic rings. The number of hydrogen-bond acceptors (Lipinski definition) is 6. The van der Waals surface area contributed by atoms with Crippen molar-refractivity contribution in [3.63, 3.8) is 0 Å². The zero-order chi connectivity index (χ0) is 20.4. The molecule has 0 bridgehead atoms. The number of fused-ring (bicyclic) bond motifs is 2. The van der Waals surface area contributed by atoms with E-state index in [4.69, 9.17) is 14.2 Å². The van der Waals surface area contributed by atoms with Crippen LogP contribution in [-0.4, -0.2) is 28.1 Å². The number of nitrogens with one attached hydrogen (secondary N) is 1. The first kappa shape index (κ1) is 19.1. The van der Waals surface area contributed by atoms with Gasteiger partial charge in [0.2, 0.25) is 0 Å². The van der Waals surface area contributed by atoms with Gasteiger partial charge in [0, 0.05) is 17.1 Å². The van der Waals surface area contributed by atoms with Gasteiger partial charge in [0.15, 0.2) is 11.9 Å². The van der Waals surface area contributed by atoms with Crippen molar-refractivity contribution in [1.29, 1.82) is 0 Å². The number of ether oxygens (including phenoxy) is 1. The summed E-state index contributed by atoms with van der Waals surface area (Å²) in [5.74, 6) is -0.0913. The molecule has 0 aliphatic heterocycles. The molecule has 150 valence electrons. The molecule has 1 amide bonds. The first-order valence-corrected chi connectivity index (χ1v) is 9.88. The van der Waals surface area contributed by atoms with Crippen molar-refractivity contribution in [2.24, 2.45) is 0 Å². The maximum absolute atomic E-state index is 13.2. The van der Waals surface area contributed by atoms with Crippen molar-refractivity contribution in [2.45, 2.75) is 52.1 Å². The molecule has 1 N–H and O–H groups in total. The number of aryl methyl sites for hydroxylation is 2. The molecule has 0 saturated heterocycles. The Hall–Kier alpha value is -3.22. The maximum Gasteiger partial charge on any atom is 0.339 e. The van der Waals surface area contributed by atoms with Crippen LogP contribution in [0.3, 0.4) is 0 Å². The minimum Gasteiger partial charge on any atom is -0.449 e. The van der Waals surface area contributed by atoms with Crippen molar-refractivity contribution >= 4 is 28.6 Å². The minimum absolute atomic E-state index is 0.290. The number of amides is 1. The van der Waals surface area contributed by atoms with Gasteiger partial charge in [-0.15, -0.1) is 0 Å². The van der Waals surface area contributed by atoms with Crippen LogP contribution in [0.2, 0.25) is 0 Å². The number of benzene rings is 1.